The molecule has 0 radical (unpaired) electrons. The maximum absolute atomic E-state index is 13.1. The van der Waals surface area contributed by atoms with Crippen molar-refractivity contribution in [2.75, 3.05) is 39.8 Å². The summed E-state index contributed by atoms with van der Waals surface area (Å²) in [6, 6.07) is 3.16. The normalized spacial score (nSPS) is 11.6. The van der Waals surface area contributed by atoms with Crippen LogP contribution in [0.2, 0.25) is 0 Å². The molecule has 0 aliphatic rings. The van der Waals surface area contributed by atoms with Gasteiger partial charge in [-0.1, -0.05) is 0 Å². The van der Waals surface area contributed by atoms with E-state index < -0.39 is 12.0 Å². The van der Waals surface area contributed by atoms with Crippen molar-refractivity contribution in [1.82, 2.24) is 9.97 Å². The topological polar surface area (TPSA) is 65.5 Å². The summed E-state index contributed by atoms with van der Waals surface area (Å²) >= 11 is 0. The predicted octanol–water partition coefficient (Wildman–Crippen LogP) is 2.72. The second-order valence-electron chi connectivity index (χ2n) is 4.51. The largest absolute Gasteiger partial charge is 0.493 e. The van der Waals surface area contributed by atoms with Gasteiger partial charge in [0.05, 0.1) is 20.8 Å². The van der Waals surface area contributed by atoms with Crippen LogP contribution in [0.3, 0.4) is 0 Å². The molecule has 2 rings (SSSR count). The van der Waals surface area contributed by atoms with E-state index in [1.807, 2.05) is 0 Å². The first kappa shape index (κ1) is 17.1. The summed E-state index contributed by atoms with van der Waals surface area (Å²) in [5.41, 5.74) is 0.0223. The van der Waals surface area contributed by atoms with Crippen LogP contribution in [0.5, 0.6) is 11.5 Å². The van der Waals surface area contributed by atoms with Crippen molar-refractivity contribution in [2.45, 2.75) is 6.18 Å². The van der Waals surface area contributed by atoms with Crippen molar-refractivity contribution in [3.8, 4) is 11.5 Å². The monoisotopic (exact) mass is 331 g/mol. The summed E-state index contributed by atoms with van der Waals surface area (Å²) in [5, 5.41) is 3.21. The lowest BCUT2D eigenvalue weighted by Crippen LogP contribution is -2.16. The fourth-order valence-electron chi connectivity index (χ4n) is 2.04. The number of ether oxygens (including phenoxy) is 3. The Kier molecular flexibility index (Phi) is 5.09. The van der Waals surface area contributed by atoms with Gasteiger partial charge in [-0.05, 0) is 12.1 Å². The summed E-state index contributed by atoms with van der Waals surface area (Å²) in [6.45, 7) is 0.619. The zero-order valence-electron chi connectivity index (χ0n) is 12.8. The van der Waals surface area contributed by atoms with Gasteiger partial charge in [0, 0.05) is 19.0 Å². The van der Waals surface area contributed by atoms with E-state index in [2.05, 4.69) is 15.3 Å². The van der Waals surface area contributed by atoms with Crippen LogP contribution < -0.4 is 14.8 Å². The minimum Gasteiger partial charge on any atom is -0.493 e. The van der Waals surface area contributed by atoms with Gasteiger partial charge in [-0.15, -0.1) is 0 Å². The quantitative estimate of drug-likeness (QED) is 0.821. The Morgan fingerprint density at radius 1 is 1.09 bits per heavy atom. The van der Waals surface area contributed by atoms with Crippen LogP contribution >= 0.6 is 0 Å². The Hall–Kier alpha value is -2.29. The molecular weight excluding hydrogens is 315 g/mol. The van der Waals surface area contributed by atoms with Gasteiger partial charge in [-0.25, -0.2) is 9.97 Å². The molecule has 0 bridgehead atoms. The number of alkyl halides is 3. The molecule has 1 N–H and O–H groups in total. The molecule has 0 aliphatic heterocycles. The molecule has 23 heavy (non-hydrogen) atoms. The van der Waals surface area contributed by atoms with Gasteiger partial charge in [-0.2, -0.15) is 13.2 Å². The number of methoxy groups -OCH3 is 3. The van der Waals surface area contributed by atoms with Crippen LogP contribution in [0.4, 0.5) is 19.0 Å². The number of rotatable bonds is 6. The van der Waals surface area contributed by atoms with E-state index >= 15 is 0 Å². The highest BCUT2D eigenvalue weighted by Crippen LogP contribution is 2.38. The maximum atomic E-state index is 13.1. The van der Waals surface area contributed by atoms with Gasteiger partial charge in [-0.3, -0.25) is 0 Å². The minimum absolute atomic E-state index is 0.0223. The average molecular weight is 331 g/mol. The summed E-state index contributed by atoms with van der Waals surface area (Å²) < 4.78 is 54.3. The molecule has 0 saturated heterocycles. The Morgan fingerprint density at radius 2 is 1.83 bits per heavy atom. The Labute approximate surface area is 130 Å². The minimum atomic E-state index is -4.68. The third-order valence-electron chi connectivity index (χ3n) is 3.06. The number of fused-ring (bicyclic) bond motifs is 1. The Bertz CT molecular complexity index is 692. The van der Waals surface area contributed by atoms with Gasteiger partial charge in [0.2, 0.25) is 5.82 Å². The zero-order valence-corrected chi connectivity index (χ0v) is 12.8. The lowest BCUT2D eigenvalue weighted by molar-refractivity contribution is -0.144. The second-order valence-corrected chi connectivity index (χ2v) is 4.51. The van der Waals surface area contributed by atoms with Gasteiger partial charge in [0.1, 0.15) is 11.3 Å². The molecular formula is C14H16F3N3O3. The summed E-state index contributed by atoms with van der Waals surface area (Å²) in [4.78, 5) is 7.18. The molecule has 0 fully saturated rings. The summed E-state index contributed by atoms with van der Waals surface area (Å²) in [7, 11) is 4.23. The van der Waals surface area contributed by atoms with Crippen LogP contribution in [0.25, 0.3) is 10.9 Å². The van der Waals surface area contributed by atoms with Crippen molar-refractivity contribution in [3.05, 3.63) is 18.0 Å². The molecule has 2 aromatic rings. The van der Waals surface area contributed by atoms with Crippen LogP contribution in [-0.2, 0) is 10.9 Å². The number of halogens is 3. The van der Waals surface area contributed by atoms with E-state index in [1.54, 1.807) is 12.1 Å². The van der Waals surface area contributed by atoms with Crippen molar-refractivity contribution in [3.63, 3.8) is 0 Å². The van der Waals surface area contributed by atoms with Crippen LogP contribution in [0.1, 0.15) is 5.82 Å². The standard InChI is InChI=1S/C14H16F3N3O3/c1-21-7-6-18-12-8-4-5-9(22-2)11(23-3)10(8)19-13(20-12)14(15,16)17/h4-5H,6-7H2,1-3H3,(H,18,19,20). The van der Waals surface area contributed by atoms with E-state index in [4.69, 9.17) is 14.2 Å². The van der Waals surface area contributed by atoms with E-state index in [9.17, 15) is 13.2 Å². The molecule has 0 unspecified atom stereocenters. The highest BCUT2D eigenvalue weighted by atomic mass is 19.4. The van der Waals surface area contributed by atoms with Gasteiger partial charge >= 0.3 is 6.18 Å². The first-order valence-corrected chi connectivity index (χ1v) is 6.65. The van der Waals surface area contributed by atoms with E-state index in [-0.39, 0.29) is 22.8 Å². The molecule has 1 aromatic heterocycles. The molecule has 0 aliphatic carbocycles. The SMILES string of the molecule is COCCNc1nc(C(F)(F)F)nc2c(OC)c(OC)ccc12. The fourth-order valence-corrected chi connectivity index (χ4v) is 2.04. The first-order chi connectivity index (χ1) is 10.9. The highest BCUT2D eigenvalue weighted by molar-refractivity contribution is 5.95. The fraction of sp³-hybridized carbons (Fsp3) is 0.429. The summed E-state index contributed by atoms with van der Waals surface area (Å²) in [6.07, 6.45) is -4.68. The Morgan fingerprint density at radius 3 is 2.39 bits per heavy atom. The molecule has 0 saturated carbocycles. The molecule has 0 amide bonds. The van der Waals surface area contributed by atoms with Crippen molar-refractivity contribution < 1.29 is 27.4 Å². The average Bonchev–Trinajstić information content (AvgIpc) is 2.52. The molecule has 1 heterocycles. The molecule has 0 atom stereocenters. The van der Waals surface area contributed by atoms with E-state index in [1.165, 1.54) is 21.3 Å². The zero-order chi connectivity index (χ0) is 17.0. The van der Waals surface area contributed by atoms with Crippen molar-refractivity contribution >= 4 is 16.7 Å². The summed E-state index contributed by atoms with van der Waals surface area (Å²) in [5.74, 6) is -0.792. The molecule has 126 valence electrons. The van der Waals surface area contributed by atoms with Crippen molar-refractivity contribution in [1.29, 1.82) is 0 Å². The number of hydrogen-bond donors (Lipinski definition) is 1. The van der Waals surface area contributed by atoms with Gasteiger partial charge in [0.25, 0.3) is 0 Å². The first-order valence-electron chi connectivity index (χ1n) is 6.65. The third-order valence-corrected chi connectivity index (χ3v) is 3.06. The van der Waals surface area contributed by atoms with Crippen LogP contribution in [0, 0.1) is 0 Å². The lowest BCUT2D eigenvalue weighted by atomic mass is 10.2. The number of nitrogens with zero attached hydrogens (tertiary/aromatic N) is 2. The predicted molar refractivity (Wildman–Crippen MR) is 78.0 cm³/mol. The number of benzene rings is 1. The third kappa shape index (κ3) is 3.55. The lowest BCUT2D eigenvalue weighted by Gasteiger charge is -2.15. The Balaban J connectivity index is 2.67. The molecule has 9 heteroatoms. The number of anilines is 1. The number of nitrogens with one attached hydrogen (secondary N) is 1. The smallest absolute Gasteiger partial charge is 0.451 e. The number of aromatic nitrogens is 2. The molecule has 6 nitrogen and oxygen atoms in total. The van der Waals surface area contributed by atoms with Gasteiger partial charge in [0.15, 0.2) is 11.5 Å². The molecule has 1 aromatic carbocycles. The van der Waals surface area contributed by atoms with Gasteiger partial charge < -0.3 is 19.5 Å². The number of hydrogen-bond acceptors (Lipinski definition) is 6. The maximum Gasteiger partial charge on any atom is 0.451 e. The molecule has 0 spiro atoms. The van der Waals surface area contributed by atoms with Crippen LogP contribution in [0.15, 0.2) is 12.1 Å². The van der Waals surface area contributed by atoms with E-state index in [0.29, 0.717) is 18.5 Å². The van der Waals surface area contributed by atoms with Crippen molar-refractivity contribution in [2.24, 2.45) is 0 Å². The second kappa shape index (κ2) is 6.86. The van der Waals surface area contributed by atoms with E-state index in [0.717, 1.165) is 0 Å². The highest BCUT2D eigenvalue weighted by Gasteiger charge is 2.36. The van der Waals surface area contributed by atoms with Crippen LogP contribution in [-0.4, -0.2) is 44.4 Å².